The first kappa shape index (κ1) is 29.9. The quantitative estimate of drug-likeness (QED) is 0.343. The normalized spacial score (nSPS) is 17.5. The minimum atomic E-state index is -3.89. The molecule has 216 valence electrons. The first-order valence-corrected chi connectivity index (χ1v) is 15.5. The Morgan fingerprint density at radius 1 is 1.15 bits per heavy atom. The molecule has 0 radical (unpaired) electrons. The van der Waals surface area contributed by atoms with E-state index in [2.05, 4.69) is 60.2 Å². The number of thiazole rings is 1. The first-order chi connectivity index (χ1) is 18.5. The summed E-state index contributed by atoms with van der Waals surface area (Å²) >= 11 is 1.34. The van der Waals surface area contributed by atoms with Crippen LogP contribution < -0.4 is 20.5 Å². The molecule has 0 bridgehead atoms. The minimum Gasteiger partial charge on any atom is -0.489 e. The Bertz CT molecular complexity index is 1460. The summed E-state index contributed by atoms with van der Waals surface area (Å²) in [6, 6.07) is 7.97. The molecule has 12 heteroatoms. The third-order valence-corrected chi connectivity index (χ3v) is 8.99. The van der Waals surface area contributed by atoms with Crippen molar-refractivity contribution in [3.05, 3.63) is 47.6 Å². The molecule has 0 saturated carbocycles. The van der Waals surface area contributed by atoms with Crippen molar-refractivity contribution in [1.82, 2.24) is 20.2 Å². The number of nitrogens with one attached hydrogen (secondary N) is 2. The fourth-order valence-corrected chi connectivity index (χ4v) is 6.40. The number of rotatable bonds is 8. The van der Waals surface area contributed by atoms with Crippen LogP contribution in [0.5, 0.6) is 5.75 Å². The van der Waals surface area contributed by atoms with Crippen molar-refractivity contribution in [3.63, 3.8) is 0 Å². The topological polar surface area (TPSA) is 140 Å². The van der Waals surface area contributed by atoms with Gasteiger partial charge in [-0.2, -0.15) is 0 Å². The summed E-state index contributed by atoms with van der Waals surface area (Å²) in [7, 11) is -1.75. The Kier molecular flexibility index (Phi) is 8.28. The van der Waals surface area contributed by atoms with Gasteiger partial charge in [0, 0.05) is 34.3 Å². The number of nitrogens with zero attached hydrogens (tertiary/aromatic N) is 3. The second kappa shape index (κ2) is 11.1. The number of piperidine rings is 1. The lowest BCUT2D eigenvalue weighted by Crippen LogP contribution is -2.62. The first-order valence-electron chi connectivity index (χ1n) is 13.1. The SMILES string of the molecule is CC(C)Oc1ccc(S(N)(=O)=O)cc1Nc1nc(-c2ccc(C(=O)NC3CC(C)(C)N(C)C(C)(C)C3)nc2)cs1. The minimum absolute atomic E-state index is 0.0328. The van der Waals surface area contributed by atoms with Crippen LogP contribution in [-0.2, 0) is 10.0 Å². The molecule has 4 N–H and O–H groups in total. The van der Waals surface area contributed by atoms with Crippen LogP contribution in [0.1, 0.15) is 64.9 Å². The zero-order valence-corrected chi connectivity index (χ0v) is 25.6. The lowest BCUT2D eigenvalue weighted by atomic mass is 9.77. The number of ether oxygens (including phenoxy) is 1. The van der Waals surface area contributed by atoms with Gasteiger partial charge in [0.2, 0.25) is 10.0 Å². The van der Waals surface area contributed by atoms with Gasteiger partial charge in [-0.05, 0) is 91.8 Å². The van der Waals surface area contributed by atoms with E-state index in [1.165, 1.54) is 23.5 Å². The number of primary sulfonamides is 1. The number of anilines is 2. The maximum Gasteiger partial charge on any atom is 0.270 e. The van der Waals surface area contributed by atoms with Crippen LogP contribution in [0.2, 0.25) is 0 Å². The number of benzene rings is 1. The molecule has 4 rings (SSSR count). The molecule has 1 aromatic carbocycles. The molecule has 0 spiro atoms. The molecule has 0 unspecified atom stereocenters. The van der Waals surface area contributed by atoms with Gasteiger partial charge in [0.15, 0.2) is 5.13 Å². The molecule has 10 nitrogen and oxygen atoms in total. The Hall–Kier alpha value is -3.06. The van der Waals surface area contributed by atoms with Gasteiger partial charge >= 0.3 is 0 Å². The van der Waals surface area contributed by atoms with Gasteiger partial charge < -0.3 is 15.4 Å². The predicted octanol–water partition coefficient (Wildman–Crippen LogP) is 4.76. The van der Waals surface area contributed by atoms with Gasteiger partial charge in [0.1, 0.15) is 11.4 Å². The van der Waals surface area contributed by atoms with Gasteiger partial charge in [-0.25, -0.2) is 18.5 Å². The van der Waals surface area contributed by atoms with Gasteiger partial charge in [-0.3, -0.25) is 14.7 Å². The molecule has 0 aliphatic carbocycles. The van der Waals surface area contributed by atoms with Crippen LogP contribution in [0.3, 0.4) is 0 Å². The average Bonchev–Trinajstić information content (AvgIpc) is 3.31. The highest BCUT2D eigenvalue weighted by Crippen LogP contribution is 2.37. The van der Waals surface area contributed by atoms with Gasteiger partial charge in [-0.1, -0.05) is 0 Å². The average molecular weight is 587 g/mol. The second-order valence-corrected chi connectivity index (χ2v) is 14.1. The second-order valence-electron chi connectivity index (χ2n) is 11.7. The van der Waals surface area contributed by atoms with E-state index in [1.807, 2.05) is 25.3 Å². The molecule has 1 amide bonds. The van der Waals surface area contributed by atoms with Crippen LogP contribution in [0, 0.1) is 0 Å². The summed E-state index contributed by atoms with van der Waals surface area (Å²) in [6.07, 6.45) is 3.22. The molecule has 1 saturated heterocycles. The zero-order valence-electron chi connectivity index (χ0n) is 24.0. The smallest absolute Gasteiger partial charge is 0.270 e. The van der Waals surface area contributed by atoms with E-state index in [4.69, 9.17) is 9.88 Å². The van der Waals surface area contributed by atoms with Crippen molar-refractivity contribution in [2.45, 2.75) is 82.5 Å². The Morgan fingerprint density at radius 2 is 1.82 bits per heavy atom. The fourth-order valence-electron chi connectivity index (χ4n) is 5.13. The number of carbonyl (C=O) groups excluding carboxylic acids is 1. The van der Waals surface area contributed by atoms with E-state index >= 15 is 0 Å². The van der Waals surface area contributed by atoms with E-state index < -0.39 is 10.0 Å². The lowest BCUT2D eigenvalue weighted by Gasteiger charge is -2.53. The standard InChI is InChI=1S/C28H38N6O4S2/c1-17(2)38-24-11-9-20(40(29,36)37)12-22(24)32-26-33-23(16-39-26)18-8-10-21(30-15-18)25(35)31-19-13-27(3,4)34(7)28(5,6)14-19/h8-12,15-17,19H,13-14H2,1-7H3,(H,31,35)(H,32,33)(H2,29,36,37). The molecule has 2 aromatic heterocycles. The van der Waals surface area contributed by atoms with Crippen LogP contribution >= 0.6 is 11.3 Å². The summed E-state index contributed by atoms with van der Waals surface area (Å²) in [5.41, 5.74) is 2.14. The zero-order chi connectivity index (χ0) is 29.5. The Morgan fingerprint density at radius 3 is 2.40 bits per heavy atom. The van der Waals surface area contributed by atoms with E-state index in [0.29, 0.717) is 28.0 Å². The maximum atomic E-state index is 13.0. The van der Waals surface area contributed by atoms with Crippen molar-refractivity contribution >= 4 is 38.1 Å². The molecule has 3 heterocycles. The number of nitrogens with two attached hydrogens (primary N) is 1. The predicted molar refractivity (Wildman–Crippen MR) is 159 cm³/mol. The van der Waals surface area contributed by atoms with Crippen molar-refractivity contribution in [2.75, 3.05) is 12.4 Å². The number of pyridine rings is 1. The van der Waals surface area contributed by atoms with E-state index in [9.17, 15) is 13.2 Å². The lowest BCUT2D eigenvalue weighted by molar-refractivity contribution is -0.0169. The molecule has 40 heavy (non-hydrogen) atoms. The number of hydrogen-bond acceptors (Lipinski definition) is 9. The monoisotopic (exact) mass is 586 g/mol. The van der Waals surface area contributed by atoms with Crippen molar-refractivity contribution < 1.29 is 17.9 Å². The van der Waals surface area contributed by atoms with Gasteiger partial charge in [0.25, 0.3) is 5.91 Å². The summed E-state index contributed by atoms with van der Waals surface area (Å²) in [5, 5.41) is 14.0. The molecule has 1 fully saturated rings. The van der Waals surface area contributed by atoms with Crippen molar-refractivity contribution in [3.8, 4) is 17.0 Å². The highest BCUT2D eigenvalue weighted by atomic mass is 32.2. The molecule has 0 atom stereocenters. The Labute approximate surface area is 240 Å². The van der Waals surface area contributed by atoms with E-state index in [1.54, 1.807) is 18.3 Å². The van der Waals surface area contributed by atoms with Crippen LogP contribution in [0.4, 0.5) is 10.8 Å². The summed E-state index contributed by atoms with van der Waals surface area (Å²) in [6.45, 7) is 12.6. The van der Waals surface area contributed by atoms with E-state index in [0.717, 1.165) is 18.4 Å². The van der Waals surface area contributed by atoms with Gasteiger partial charge in [0.05, 0.1) is 22.4 Å². The summed E-state index contributed by atoms with van der Waals surface area (Å²) < 4.78 is 29.6. The number of carbonyl (C=O) groups is 1. The third kappa shape index (κ3) is 6.80. The number of sulfonamides is 1. The molecule has 1 aliphatic heterocycles. The highest BCUT2D eigenvalue weighted by molar-refractivity contribution is 7.89. The van der Waals surface area contributed by atoms with Crippen molar-refractivity contribution in [2.24, 2.45) is 5.14 Å². The maximum absolute atomic E-state index is 13.0. The van der Waals surface area contributed by atoms with Crippen LogP contribution in [-0.4, -0.2) is 59.5 Å². The number of likely N-dealkylation sites (tertiary alicyclic amines) is 1. The van der Waals surface area contributed by atoms with Gasteiger partial charge in [-0.15, -0.1) is 11.3 Å². The van der Waals surface area contributed by atoms with Crippen molar-refractivity contribution in [1.29, 1.82) is 0 Å². The number of amides is 1. The third-order valence-electron chi connectivity index (χ3n) is 7.32. The summed E-state index contributed by atoms with van der Waals surface area (Å²) in [4.78, 5) is 24.4. The fraction of sp³-hybridized carbons (Fsp3) is 0.464. The Balaban J connectivity index is 1.47. The van der Waals surface area contributed by atoms with Crippen LogP contribution in [0.15, 0.2) is 46.8 Å². The molecular formula is C28H38N6O4S2. The van der Waals surface area contributed by atoms with Crippen LogP contribution in [0.25, 0.3) is 11.3 Å². The number of hydrogen-bond donors (Lipinski definition) is 3. The number of aromatic nitrogens is 2. The highest BCUT2D eigenvalue weighted by Gasteiger charge is 2.43. The molecule has 3 aromatic rings. The van der Waals surface area contributed by atoms with E-state index in [-0.39, 0.29) is 34.0 Å². The summed E-state index contributed by atoms with van der Waals surface area (Å²) in [5.74, 6) is 0.285. The molecule has 1 aliphatic rings. The largest absolute Gasteiger partial charge is 0.489 e. The molecular weight excluding hydrogens is 548 g/mol.